The Kier molecular flexibility index (Phi) is 10.6. The highest BCUT2D eigenvalue weighted by Crippen LogP contribution is 2.38. The maximum absolute atomic E-state index is 11.6. The second-order valence-corrected chi connectivity index (χ2v) is 10.4. The van der Waals surface area contributed by atoms with Crippen molar-refractivity contribution in [2.24, 2.45) is 0 Å². The van der Waals surface area contributed by atoms with Crippen molar-refractivity contribution in [3.63, 3.8) is 0 Å². The number of carbonyl (C=O) groups is 3. The summed E-state index contributed by atoms with van der Waals surface area (Å²) in [5, 5.41) is 47.8. The van der Waals surface area contributed by atoms with Crippen LogP contribution in [0.5, 0.6) is 11.5 Å². The standard InChI is InChI=1S/C24H28ClN5O4.C4H4O4/c1-14-27-23(15-4-6-16(25)7-5-15)29-30(14)9-8-24(2,3)26-12-20(32)18-10-17(31)11-19-22(18)34-13-21(33)28-19;5-3(6)1-2-4(7)8/h4-7,10-11,20,26,31-32H,8-9,12-13H2,1-3H3,(H,28,33);1-2H,(H,5,6)(H,7,8)/t20-;/m0./s1. The number of rotatable bonds is 10. The number of aryl methyl sites for hydroxylation is 2. The predicted octanol–water partition coefficient (Wildman–Crippen LogP) is 3.15. The van der Waals surface area contributed by atoms with Crippen LogP contribution in [-0.4, -0.2) is 71.7 Å². The third kappa shape index (κ3) is 9.29. The van der Waals surface area contributed by atoms with Crippen molar-refractivity contribution in [3.05, 3.63) is 65.0 Å². The van der Waals surface area contributed by atoms with E-state index in [4.69, 9.17) is 26.6 Å². The lowest BCUT2D eigenvalue weighted by Gasteiger charge is -2.29. The number of carboxylic acid groups (broad SMARTS) is 2. The molecule has 13 nitrogen and oxygen atoms in total. The molecule has 0 saturated heterocycles. The number of ether oxygens (including phenoxy) is 1. The number of amides is 1. The molecular formula is C28H32ClN5O8. The molecule has 224 valence electrons. The van der Waals surface area contributed by atoms with Crippen LogP contribution in [0.3, 0.4) is 0 Å². The predicted molar refractivity (Wildman–Crippen MR) is 154 cm³/mol. The summed E-state index contributed by atoms with van der Waals surface area (Å²) in [6, 6.07) is 10.3. The lowest BCUT2D eigenvalue weighted by molar-refractivity contribution is -0.134. The van der Waals surface area contributed by atoms with E-state index in [1.54, 1.807) is 0 Å². The minimum atomic E-state index is -1.26. The number of aliphatic hydroxyl groups excluding tert-OH is 1. The summed E-state index contributed by atoms with van der Waals surface area (Å²) in [5.41, 5.74) is 1.34. The molecule has 1 aliphatic heterocycles. The number of nitrogens with one attached hydrogen (secondary N) is 2. The topological polar surface area (TPSA) is 196 Å². The lowest BCUT2D eigenvalue weighted by Crippen LogP contribution is -2.42. The van der Waals surface area contributed by atoms with Crippen LogP contribution < -0.4 is 15.4 Å². The van der Waals surface area contributed by atoms with Gasteiger partial charge in [0.15, 0.2) is 12.4 Å². The number of fused-ring (bicyclic) bond motifs is 1. The van der Waals surface area contributed by atoms with Gasteiger partial charge < -0.3 is 35.8 Å². The molecule has 0 bridgehead atoms. The molecule has 1 atom stereocenters. The molecule has 0 radical (unpaired) electrons. The molecule has 4 rings (SSSR count). The number of carboxylic acids is 2. The first-order valence-corrected chi connectivity index (χ1v) is 13.2. The van der Waals surface area contributed by atoms with E-state index in [0.29, 0.717) is 46.5 Å². The van der Waals surface area contributed by atoms with Crippen LogP contribution in [0.2, 0.25) is 5.02 Å². The molecule has 2 heterocycles. The van der Waals surface area contributed by atoms with Crippen molar-refractivity contribution in [2.45, 2.75) is 45.4 Å². The zero-order valence-corrected chi connectivity index (χ0v) is 23.9. The molecule has 0 spiro atoms. The Morgan fingerprint density at radius 3 is 2.45 bits per heavy atom. The fourth-order valence-corrected chi connectivity index (χ4v) is 4.04. The quantitative estimate of drug-likeness (QED) is 0.187. The maximum Gasteiger partial charge on any atom is 0.328 e. The third-order valence-electron chi connectivity index (χ3n) is 6.13. The van der Waals surface area contributed by atoms with E-state index in [-0.39, 0.29) is 30.3 Å². The Morgan fingerprint density at radius 1 is 1.19 bits per heavy atom. The van der Waals surface area contributed by atoms with Gasteiger partial charge in [-0.3, -0.25) is 4.79 Å². The third-order valence-corrected chi connectivity index (χ3v) is 6.39. The van der Waals surface area contributed by atoms with Crippen LogP contribution in [0.15, 0.2) is 48.6 Å². The number of aliphatic carboxylic acids is 2. The summed E-state index contributed by atoms with van der Waals surface area (Å²) in [7, 11) is 0. The fourth-order valence-electron chi connectivity index (χ4n) is 3.91. The molecule has 0 fully saturated rings. The van der Waals surface area contributed by atoms with Crippen molar-refractivity contribution < 1.29 is 39.5 Å². The summed E-state index contributed by atoms with van der Waals surface area (Å²) < 4.78 is 7.37. The van der Waals surface area contributed by atoms with Gasteiger partial charge in [-0.1, -0.05) is 11.6 Å². The molecule has 1 amide bonds. The van der Waals surface area contributed by atoms with Gasteiger partial charge in [0.1, 0.15) is 17.3 Å². The summed E-state index contributed by atoms with van der Waals surface area (Å²) in [6.45, 7) is 6.74. The van der Waals surface area contributed by atoms with Crippen LogP contribution in [-0.2, 0) is 20.9 Å². The zero-order valence-electron chi connectivity index (χ0n) is 23.2. The second kappa shape index (κ2) is 13.9. The fraction of sp³-hybridized carbons (Fsp3) is 0.321. The van der Waals surface area contributed by atoms with Gasteiger partial charge >= 0.3 is 11.9 Å². The van der Waals surface area contributed by atoms with Crippen LogP contribution in [0.1, 0.15) is 37.8 Å². The first kappa shape index (κ1) is 32.1. The van der Waals surface area contributed by atoms with Gasteiger partial charge in [-0.2, -0.15) is 5.10 Å². The maximum atomic E-state index is 11.6. The van der Waals surface area contributed by atoms with Crippen LogP contribution in [0.4, 0.5) is 5.69 Å². The van der Waals surface area contributed by atoms with Gasteiger partial charge in [-0.15, -0.1) is 0 Å². The van der Waals surface area contributed by atoms with E-state index in [0.717, 1.165) is 17.8 Å². The molecule has 1 aromatic heterocycles. The molecule has 0 unspecified atom stereocenters. The van der Waals surface area contributed by atoms with E-state index >= 15 is 0 Å². The highest BCUT2D eigenvalue weighted by atomic mass is 35.5. The number of aromatic nitrogens is 3. The average molecular weight is 602 g/mol. The number of anilines is 1. The first-order chi connectivity index (χ1) is 19.7. The Labute approximate surface area is 246 Å². The first-order valence-electron chi connectivity index (χ1n) is 12.8. The monoisotopic (exact) mass is 601 g/mol. The van der Waals surface area contributed by atoms with Crippen molar-refractivity contribution in [3.8, 4) is 22.9 Å². The SMILES string of the molecule is Cc1nc(-c2ccc(Cl)cc2)nn1CCC(C)(C)NC[C@H](O)c1cc(O)cc2c1OCC(=O)N2.O=C(O)C=CC(=O)O. The average Bonchev–Trinajstić information content (AvgIpc) is 3.30. The molecule has 1 aliphatic rings. The number of aromatic hydroxyl groups is 1. The van der Waals surface area contributed by atoms with E-state index < -0.39 is 18.0 Å². The lowest BCUT2D eigenvalue weighted by atomic mass is 9.99. The van der Waals surface area contributed by atoms with Gasteiger partial charge in [0.25, 0.3) is 5.91 Å². The van der Waals surface area contributed by atoms with Crippen molar-refractivity contribution in [1.82, 2.24) is 20.1 Å². The number of phenols is 1. The largest absolute Gasteiger partial charge is 0.508 e. The molecule has 0 saturated carbocycles. The highest BCUT2D eigenvalue weighted by molar-refractivity contribution is 6.30. The van der Waals surface area contributed by atoms with E-state index in [1.165, 1.54) is 12.1 Å². The number of carbonyl (C=O) groups excluding carboxylic acids is 1. The van der Waals surface area contributed by atoms with Crippen LogP contribution in [0, 0.1) is 6.92 Å². The van der Waals surface area contributed by atoms with E-state index in [2.05, 4.69) is 20.7 Å². The van der Waals surface area contributed by atoms with Gasteiger partial charge in [0, 0.05) is 53.0 Å². The number of phenolic OH excluding ortho intramolecular Hbond substituents is 1. The highest BCUT2D eigenvalue weighted by Gasteiger charge is 2.26. The zero-order chi connectivity index (χ0) is 31.0. The normalized spacial score (nSPS) is 13.4. The minimum absolute atomic E-state index is 0.0593. The van der Waals surface area contributed by atoms with Gasteiger partial charge in [0.2, 0.25) is 0 Å². The summed E-state index contributed by atoms with van der Waals surface area (Å²) >= 11 is 5.97. The molecular weight excluding hydrogens is 570 g/mol. The number of aliphatic hydroxyl groups is 1. The van der Waals surface area contributed by atoms with Crippen molar-refractivity contribution in [2.75, 3.05) is 18.5 Å². The molecule has 2 aromatic carbocycles. The smallest absolute Gasteiger partial charge is 0.328 e. The molecule has 14 heteroatoms. The van der Waals surface area contributed by atoms with Crippen LogP contribution >= 0.6 is 11.6 Å². The minimum Gasteiger partial charge on any atom is -0.508 e. The van der Waals surface area contributed by atoms with Gasteiger partial charge in [0.05, 0.1) is 11.8 Å². The Balaban J connectivity index is 0.000000531. The number of β-amino-alcohol motifs (C(OH)–C–C–N with tert-alkyl or cyclic N) is 1. The second-order valence-electron chi connectivity index (χ2n) is 10.0. The van der Waals surface area contributed by atoms with Gasteiger partial charge in [-0.25, -0.2) is 19.3 Å². The van der Waals surface area contributed by atoms with Gasteiger partial charge in [-0.05, 0) is 57.5 Å². The summed E-state index contributed by atoms with van der Waals surface area (Å²) in [5.74, 6) is -1.05. The number of nitrogens with zero attached hydrogens (tertiary/aromatic N) is 3. The Hall–Kier alpha value is -4.46. The van der Waals surface area contributed by atoms with Crippen molar-refractivity contribution >= 4 is 35.1 Å². The number of hydrogen-bond donors (Lipinski definition) is 6. The van der Waals surface area contributed by atoms with E-state index in [9.17, 15) is 24.6 Å². The number of benzene rings is 2. The van der Waals surface area contributed by atoms with Crippen molar-refractivity contribution in [1.29, 1.82) is 0 Å². The molecule has 42 heavy (non-hydrogen) atoms. The van der Waals surface area contributed by atoms with E-state index in [1.807, 2.05) is 49.7 Å². The Morgan fingerprint density at radius 2 is 1.83 bits per heavy atom. The summed E-state index contributed by atoms with van der Waals surface area (Å²) in [6.07, 6.45) is 0.902. The molecule has 0 aliphatic carbocycles. The molecule has 6 N–H and O–H groups in total. The number of hydrogen-bond acceptors (Lipinski definition) is 9. The molecule has 3 aromatic rings. The Bertz CT molecular complexity index is 1450. The van der Waals surface area contributed by atoms with Crippen LogP contribution in [0.25, 0.3) is 11.4 Å². The summed E-state index contributed by atoms with van der Waals surface area (Å²) in [4.78, 5) is 35.2. The number of halogens is 1.